The van der Waals surface area contributed by atoms with E-state index in [4.69, 9.17) is 11.6 Å². The third-order valence-corrected chi connectivity index (χ3v) is 3.48. The van der Waals surface area contributed by atoms with Crippen LogP contribution < -0.4 is 0 Å². The number of pyridine rings is 1. The average Bonchev–Trinajstić information content (AvgIpc) is 2.07. The maximum Gasteiger partial charge on any atom is 0.0424 e. The molecule has 0 saturated carbocycles. The molecule has 0 spiro atoms. The summed E-state index contributed by atoms with van der Waals surface area (Å²) < 4.78 is 2.10. The SMILES string of the molecule is Clc1cc(Br)c2cncc(I)c2c1. The molecule has 4 heteroatoms. The first kappa shape index (κ1) is 9.68. The van der Waals surface area contributed by atoms with Gasteiger partial charge in [0, 0.05) is 36.2 Å². The van der Waals surface area contributed by atoms with Gasteiger partial charge in [0.2, 0.25) is 0 Å². The predicted molar refractivity (Wildman–Crippen MR) is 67.2 cm³/mol. The zero-order valence-corrected chi connectivity index (χ0v) is 10.9. The lowest BCUT2D eigenvalue weighted by atomic mass is 10.2. The molecule has 1 aromatic carbocycles. The van der Waals surface area contributed by atoms with Crippen molar-refractivity contribution in [3.05, 3.63) is 37.6 Å². The summed E-state index contributed by atoms with van der Waals surface area (Å²) in [6.45, 7) is 0. The normalized spacial score (nSPS) is 10.7. The Kier molecular flexibility index (Phi) is 2.76. The summed E-state index contributed by atoms with van der Waals surface area (Å²) in [5.74, 6) is 0. The molecule has 1 aromatic heterocycles. The van der Waals surface area contributed by atoms with E-state index in [2.05, 4.69) is 43.5 Å². The molecule has 66 valence electrons. The van der Waals surface area contributed by atoms with Crippen LogP contribution in [0.2, 0.25) is 5.02 Å². The number of hydrogen-bond acceptors (Lipinski definition) is 1. The molecule has 0 aliphatic carbocycles. The molecule has 2 aromatic rings. The van der Waals surface area contributed by atoms with Crippen LogP contribution in [0.1, 0.15) is 0 Å². The molecule has 0 aliphatic heterocycles. The Bertz CT molecular complexity index is 472. The minimum absolute atomic E-state index is 0.739. The van der Waals surface area contributed by atoms with Gasteiger partial charge in [-0.1, -0.05) is 27.5 Å². The first-order valence-corrected chi connectivity index (χ1v) is 5.82. The van der Waals surface area contributed by atoms with Crippen LogP contribution in [0.15, 0.2) is 29.0 Å². The summed E-state index contributed by atoms with van der Waals surface area (Å²) in [4.78, 5) is 4.12. The molecule has 0 bridgehead atoms. The Labute approximate surface area is 103 Å². The maximum atomic E-state index is 5.94. The Morgan fingerprint density at radius 2 is 2.00 bits per heavy atom. The number of fused-ring (bicyclic) bond motifs is 1. The predicted octanol–water partition coefficient (Wildman–Crippen LogP) is 4.26. The van der Waals surface area contributed by atoms with Crippen molar-refractivity contribution in [3.8, 4) is 0 Å². The van der Waals surface area contributed by atoms with Gasteiger partial charge in [0.25, 0.3) is 0 Å². The zero-order valence-electron chi connectivity index (χ0n) is 6.39. The van der Waals surface area contributed by atoms with Gasteiger partial charge in [-0.2, -0.15) is 0 Å². The summed E-state index contributed by atoms with van der Waals surface area (Å²) in [6.07, 6.45) is 3.66. The lowest BCUT2D eigenvalue weighted by molar-refractivity contribution is 1.34. The van der Waals surface area contributed by atoms with Crippen molar-refractivity contribution in [3.63, 3.8) is 0 Å². The van der Waals surface area contributed by atoms with Gasteiger partial charge in [0.15, 0.2) is 0 Å². The van der Waals surface area contributed by atoms with Crippen molar-refractivity contribution >= 4 is 60.9 Å². The minimum Gasteiger partial charge on any atom is -0.263 e. The van der Waals surface area contributed by atoms with Crippen molar-refractivity contribution in [1.82, 2.24) is 4.98 Å². The van der Waals surface area contributed by atoms with E-state index in [0.717, 1.165) is 23.8 Å². The number of aromatic nitrogens is 1. The monoisotopic (exact) mass is 367 g/mol. The fourth-order valence-corrected chi connectivity index (χ4v) is 2.68. The Morgan fingerprint density at radius 3 is 2.77 bits per heavy atom. The lowest BCUT2D eigenvalue weighted by Gasteiger charge is -2.02. The van der Waals surface area contributed by atoms with Crippen molar-refractivity contribution in [1.29, 1.82) is 0 Å². The second-order valence-corrected chi connectivity index (χ2v) is 5.06. The molecule has 0 unspecified atom stereocenters. The standard InChI is InChI=1S/C9H4BrClIN/c10-8-2-5(11)1-6-7(8)3-13-4-9(6)12/h1-4H. The van der Waals surface area contributed by atoms with Crippen molar-refractivity contribution < 1.29 is 0 Å². The molecule has 1 nitrogen and oxygen atoms in total. The van der Waals surface area contributed by atoms with Gasteiger partial charge in [-0.05, 0) is 34.7 Å². The first-order valence-electron chi connectivity index (χ1n) is 3.57. The molecular formula is C9H4BrClIN. The van der Waals surface area contributed by atoms with Gasteiger partial charge in [0.1, 0.15) is 0 Å². The molecule has 0 radical (unpaired) electrons. The molecule has 0 amide bonds. The van der Waals surface area contributed by atoms with Gasteiger partial charge < -0.3 is 0 Å². The van der Waals surface area contributed by atoms with Crippen LogP contribution in [0.4, 0.5) is 0 Å². The van der Waals surface area contributed by atoms with Crippen LogP contribution in [0, 0.1) is 3.57 Å². The lowest BCUT2D eigenvalue weighted by Crippen LogP contribution is -1.82. The highest BCUT2D eigenvalue weighted by atomic mass is 127. The van der Waals surface area contributed by atoms with Crippen LogP contribution in [0.3, 0.4) is 0 Å². The van der Waals surface area contributed by atoms with E-state index < -0.39 is 0 Å². The highest BCUT2D eigenvalue weighted by molar-refractivity contribution is 14.1. The van der Waals surface area contributed by atoms with E-state index in [1.807, 2.05) is 24.5 Å². The zero-order chi connectivity index (χ0) is 9.42. The second kappa shape index (κ2) is 3.71. The summed E-state index contributed by atoms with van der Waals surface area (Å²) >= 11 is 11.6. The number of rotatable bonds is 0. The second-order valence-electron chi connectivity index (χ2n) is 2.60. The van der Waals surface area contributed by atoms with E-state index in [-0.39, 0.29) is 0 Å². The molecule has 0 atom stereocenters. The fourth-order valence-electron chi connectivity index (χ4n) is 1.16. The Morgan fingerprint density at radius 1 is 1.23 bits per heavy atom. The smallest absolute Gasteiger partial charge is 0.0424 e. The first-order chi connectivity index (χ1) is 6.18. The molecule has 1 heterocycles. The highest BCUT2D eigenvalue weighted by Gasteiger charge is 2.03. The van der Waals surface area contributed by atoms with Crippen LogP contribution >= 0.6 is 50.1 Å². The van der Waals surface area contributed by atoms with Crippen LogP contribution in [-0.4, -0.2) is 4.98 Å². The quantitative estimate of drug-likeness (QED) is 0.634. The molecule has 0 N–H and O–H groups in total. The summed E-state index contributed by atoms with van der Waals surface area (Å²) in [5, 5.41) is 2.97. The Hall–Kier alpha value is 0.130. The molecule has 13 heavy (non-hydrogen) atoms. The molecule has 2 rings (SSSR count). The van der Waals surface area contributed by atoms with Crippen LogP contribution in [0.5, 0.6) is 0 Å². The minimum atomic E-state index is 0.739. The van der Waals surface area contributed by atoms with E-state index in [0.29, 0.717) is 0 Å². The van der Waals surface area contributed by atoms with Gasteiger partial charge in [-0.25, -0.2) is 0 Å². The number of nitrogens with zero attached hydrogens (tertiary/aromatic N) is 1. The van der Waals surface area contributed by atoms with Gasteiger partial charge in [-0.15, -0.1) is 0 Å². The van der Waals surface area contributed by atoms with E-state index in [9.17, 15) is 0 Å². The van der Waals surface area contributed by atoms with Crippen LogP contribution in [0.25, 0.3) is 10.8 Å². The van der Waals surface area contributed by atoms with E-state index >= 15 is 0 Å². The number of hydrogen-bond donors (Lipinski definition) is 0. The fraction of sp³-hybridized carbons (Fsp3) is 0. The third kappa shape index (κ3) is 1.82. The molecular weight excluding hydrogens is 364 g/mol. The average molecular weight is 368 g/mol. The number of benzene rings is 1. The van der Waals surface area contributed by atoms with Gasteiger partial charge in [0.05, 0.1) is 0 Å². The van der Waals surface area contributed by atoms with Crippen molar-refractivity contribution in [2.24, 2.45) is 0 Å². The summed E-state index contributed by atoms with van der Waals surface area (Å²) in [7, 11) is 0. The van der Waals surface area contributed by atoms with E-state index in [1.165, 1.54) is 0 Å². The molecule has 0 fully saturated rings. The highest BCUT2D eigenvalue weighted by Crippen LogP contribution is 2.29. The number of halogens is 3. The maximum absolute atomic E-state index is 5.94. The largest absolute Gasteiger partial charge is 0.263 e. The van der Waals surface area contributed by atoms with Crippen molar-refractivity contribution in [2.75, 3.05) is 0 Å². The molecule has 0 aliphatic rings. The van der Waals surface area contributed by atoms with Crippen molar-refractivity contribution in [2.45, 2.75) is 0 Å². The topological polar surface area (TPSA) is 12.9 Å². The summed E-state index contributed by atoms with van der Waals surface area (Å²) in [5.41, 5.74) is 0. The Balaban J connectivity index is 2.94. The molecule has 0 saturated heterocycles. The summed E-state index contributed by atoms with van der Waals surface area (Å²) in [6, 6.07) is 3.83. The van der Waals surface area contributed by atoms with Gasteiger partial charge >= 0.3 is 0 Å². The van der Waals surface area contributed by atoms with Crippen LogP contribution in [-0.2, 0) is 0 Å². The van der Waals surface area contributed by atoms with Gasteiger partial charge in [-0.3, -0.25) is 4.98 Å². The third-order valence-electron chi connectivity index (χ3n) is 1.74. The van der Waals surface area contributed by atoms with E-state index in [1.54, 1.807) is 0 Å².